The van der Waals surface area contributed by atoms with Crippen LogP contribution >= 0.6 is 0 Å². The number of rotatable bonds is 14. The van der Waals surface area contributed by atoms with Crippen LogP contribution in [0.3, 0.4) is 0 Å². The number of halogens is 2. The molecule has 7 rings (SSSR count). The lowest BCUT2D eigenvalue weighted by atomic mass is 9.89. The van der Waals surface area contributed by atoms with Crippen molar-refractivity contribution in [3.63, 3.8) is 0 Å². The number of hydrogen-bond donors (Lipinski definition) is 8. The number of fused-ring (bicyclic) bond motifs is 3. The zero-order valence-electron chi connectivity index (χ0n) is 31.6. The summed E-state index contributed by atoms with van der Waals surface area (Å²) >= 11 is 0. The van der Waals surface area contributed by atoms with E-state index in [4.69, 9.17) is 10.2 Å². The van der Waals surface area contributed by atoms with Crippen LogP contribution < -0.4 is 38.0 Å². The quantitative estimate of drug-likeness (QED) is 0.0575. The van der Waals surface area contributed by atoms with E-state index in [2.05, 4.69) is 41.2 Å². The molecule has 1 aliphatic carbocycles. The molecule has 9 N–H and O–H groups in total. The molecule has 61 heavy (non-hydrogen) atoms. The van der Waals surface area contributed by atoms with Crippen LogP contribution in [0.2, 0.25) is 0 Å². The Morgan fingerprint density at radius 2 is 1.54 bits per heavy atom. The van der Waals surface area contributed by atoms with Crippen LogP contribution in [0.5, 0.6) is 5.75 Å². The Bertz CT molecular complexity index is 2970. The van der Waals surface area contributed by atoms with Crippen molar-refractivity contribution < 1.29 is 42.6 Å². The highest BCUT2D eigenvalue weighted by atomic mass is 19.1. The summed E-state index contributed by atoms with van der Waals surface area (Å²) in [5, 5.41) is 31.1. The number of nitrogens with zero attached hydrogens (tertiary/aromatic N) is 3. The van der Waals surface area contributed by atoms with E-state index >= 15 is 0 Å². The summed E-state index contributed by atoms with van der Waals surface area (Å²) in [5.41, 5.74) is 4.96. The highest BCUT2D eigenvalue weighted by Gasteiger charge is 2.25. The van der Waals surface area contributed by atoms with Crippen molar-refractivity contribution in [2.45, 2.75) is 19.4 Å². The molecule has 0 atom stereocenters. The molecule has 2 aliphatic rings. The van der Waals surface area contributed by atoms with Gasteiger partial charge in [0.05, 0.1) is 24.0 Å². The van der Waals surface area contributed by atoms with Crippen LogP contribution in [0.25, 0.3) is 44.6 Å². The number of aromatic hydroxyl groups is 1. The van der Waals surface area contributed by atoms with Crippen LogP contribution in [0.4, 0.5) is 20.4 Å². The first-order chi connectivity index (χ1) is 29.2. The van der Waals surface area contributed by atoms with Crippen LogP contribution in [-0.2, 0) is 11.3 Å². The first kappa shape index (κ1) is 40.9. The van der Waals surface area contributed by atoms with Gasteiger partial charge >= 0.3 is 5.97 Å². The van der Waals surface area contributed by atoms with Crippen molar-refractivity contribution in [1.82, 2.24) is 35.9 Å². The molecule has 0 fully saturated rings. The van der Waals surface area contributed by atoms with Crippen molar-refractivity contribution in [2.75, 3.05) is 30.7 Å². The minimum atomic E-state index is -1.42. The highest BCUT2D eigenvalue weighted by Crippen LogP contribution is 2.43. The fraction of sp³-hybridized carbons (Fsp3) is 0.146. The fourth-order valence-electron chi connectivity index (χ4n) is 6.38. The smallest absolute Gasteiger partial charge is 0.336 e. The Labute approximate surface area is 341 Å². The molecule has 3 aromatic carbocycles. The minimum absolute atomic E-state index is 0.0251. The zero-order chi connectivity index (χ0) is 43.4. The molecule has 2 aromatic heterocycles. The lowest BCUT2D eigenvalue weighted by Crippen LogP contribution is -2.35. The van der Waals surface area contributed by atoms with E-state index in [0.717, 1.165) is 30.3 Å². The summed E-state index contributed by atoms with van der Waals surface area (Å²) in [6, 6.07) is 13.7. The van der Waals surface area contributed by atoms with E-state index in [1.165, 1.54) is 18.3 Å². The van der Waals surface area contributed by atoms with E-state index in [1.807, 2.05) is 0 Å². The standard InChI is InChI=1S/C41H33F2N9O9/c42-27-13-25-31(15-29(27)53)61-32-16-30(54)28(43)14-26(32)34(25)24-12-20(5-8-23(24)40(59)60)38(57)47-11-10-45-33(55)2-1-9-46-37(56)19-3-6-21(7-4-19)48-17-22-18-49-36-35(50-22)39(58)52-41(44)51-36/h3-8,12-16,18,48,53H,1-2,9-11,17H2,(H,45,55)(H,46,56)(H,47,57)(H,59,60)(H3,44,49,51,52,58). The van der Waals surface area contributed by atoms with Crippen molar-refractivity contribution in [2.24, 2.45) is 0 Å². The van der Waals surface area contributed by atoms with Crippen molar-refractivity contribution in [3.05, 3.63) is 128 Å². The van der Waals surface area contributed by atoms with E-state index in [0.29, 0.717) is 23.4 Å². The van der Waals surface area contributed by atoms with Gasteiger partial charge in [-0.05, 0) is 66.6 Å². The maximum Gasteiger partial charge on any atom is 0.336 e. The third kappa shape index (κ3) is 9.07. The number of carboxylic acids is 1. The number of aromatic carboxylic acids is 1. The Morgan fingerprint density at radius 3 is 2.31 bits per heavy atom. The number of anilines is 2. The summed E-state index contributed by atoms with van der Waals surface area (Å²) in [5.74, 6) is -6.07. The normalized spacial score (nSPS) is 11.1. The van der Waals surface area contributed by atoms with Gasteiger partial charge in [-0.15, -0.1) is 0 Å². The van der Waals surface area contributed by atoms with E-state index in [9.17, 15) is 47.8 Å². The number of amides is 3. The van der Waals surface area contributed by atoms with Gasteiger partial charge in [0.15, 0.2) is 28.5 Å². The molecule has 0 bridgehead atoms. The number of aromatic amines is 1. The number of hydrogen-bond acceptors (Lipinski definition) is 13. The van der Waals surface area contributed by atoms with E-state index in [-0.39, 0.29) is 106 Å². The number of H-pyrrole nitrogens is 1. The van der Waals surface area contributed by atoms with Crippen LogP contribution in [0.1, 0.15) is 49.6 Å². The number of carbonyl (C=O) groups excluding carboxylic acids is 3. The molecule has 18 nitrogen and oxygen atoms in total. The molecule has 0 spiro atoms. The predicted molar refractivity (Wildman–Crippen MR) is 216 cm³/mol. The van der Waals surface area contributed by atoms with Crippen LogP contribution in [-0.4, -0.2) is 73.5 Å². The second kappa shape index (κ2) is 17.3. The minimum Gasteiger partial charge on any atom is -0.505 e. The first-order valence-electron chi connectivity index (χ1n) is 18.4. The number of carboxylic acid groups (broad SMARTS) is 1. The molecule has 0 radical (unpaired) electrons. The number of nitrogens with one attached hydrogen (secondary N) is 5. The van der Waals surface area contributed by atoms with Gasteiger partial charge in [-0.1, -0.05) is 0 Å². The van der Waals surface area contributed by atoms with Gasteiger partial charge in [0.1, 0.15) is 11.3 Å². The Hall–Kier alpha value is -8.29. The number of phenolic OH excluding ortho intramolecular Hbond substituents is 1. The molecule has 1 aliphatic heterocycles. The van der Waals surface area contributed by atoms with E-state index < -0.39 is 40.2 Å². The number of phenols is 1. The third-order valence-corrected chi connectivity index (χ3v) is 9.33. The summed E-state index contributed by atoms with van der Waals surface area (Å²) < 4.78 is 34.8. The average molecular weight is 834 g/mol. The predicted octanol–water partition coefficient (Wildman–Crippen LogP) is 3.52. The summed E-state index contributed by atoms with van der Waals surface area (Å²) in [4.78, 5) is 89.5. The van der Waals surface area contributed by atoms with Crippen molar-refractivity contribution in [3.8, 4) is 28.2 Å². The molecule has 0 saturated heterocycles. The molecule has 3 amide bonds. The second-order valence-electron chi connectivity index (χ2n) is 13.5. The number of nitrogen functional groups attached to an aromatic ring is 1. The lowest BCUT2D eigenvalue weighted by molar-refractivity contribution is -0.121. The molecule has 3 heterocycles. The lowest BCUT2D eigenvalue weighted by Gasteiger charge is -2.18. The third-order valence-electron chi connectivity index (χ3n) is 9.33. The van der Waals surface area contributed by atoms with Gasteiger partial charge in [-0.25, -0.2) is 23.5 Å². The Morgan fingerprint density at radius 1 is 0.820 bits per heavy atom. The van der Waals surface area contributed by atoms with Gasteiger partial charge in [0, 0.05) is 71.5 Å². The first-order valence-corrected chi connectivity index (χ1v) is 18.4. The van der Waals surface area contributed by atoms with Gasteiger partial charge in [-0.3, -0.25) is 29.0 Å². The van der Waals surface area contributed by atoms with Crippen LogP contribution in [0, 0.1) is 11.6 Å². The zero-order valence-corrected chi connectivity index (χ0v) is 31.6. The number of nitrogens with two attached hydrogens (primary N) is 1. The molecular weight excluding hydrogens is 801 g/mol. The van der Waals surface area contributed by atoms with Crippen molar-refractivity contribution >= 4 is 57.5 Å². The fourth-order valence-corrected chi connectivity index (χ4v) is 6.38. The highest BCUT2D eigenvalue weighted by molar-refractivity contribution is 6.09. The molecule has 20 heteroatoms. The topological polar surface area (TPSA) is 285 Å². The summed E-state index contributed by atoms with van der Waals surface area (Å²) in [7, 11) is 0. The SMILES string of the molecule is Nc1nc2ncc(CNc3ccc(C(=O)NCCCC(=O)NCCNC(=O)c4ccc(C(=O)O)c(-c5c6cc(F)c(=O)cc-6oc6cc(O)c(F)cc56)c4)cc3)nc2c(=O)[nH]1. The molecule has 5 aromatic rings. The average Bonchev–Trinajstić information content (AvgIpc) is 3.23. The van der Waals surface area contributed by atoms with Gasteiger partial charge in [0.25, 0.3) is 17.4 Å². The monoisotopic (exact) mass is 833 g/mol. The van der Waals surface area contributed by atoms with Gasteiger partial charge in [-0.2, -0.15) is 4.98 Å². The summed E-state index contributed by atoms with van der Waals surface area (Å²) in [6.07, 6.45) is 1.86. The van der Waals surface area contributed by atoms with Gasteiger partial charge < -0.3 is 41.6 Å². The maximum absolute atomic E-state index is 14.6. The number of carbonyl (C=O) groups is 4. The number of aromatic nitrogens is 4. The van der Waals surface area contributed by atoms with Crippen molar-refractivity contribution in [1.29, 1.82) is 0 Å². The van der Waals surface area contributed by atoms with Crippen LogP contribution in [0.15, 0.2) is 86.9 Å². The molecule has 310 valence electrons. The number of benzene rings is 4. The van der Waals surface area contributed by atoms with Gasteiger partial charge in [0.2, 0.25) is 17.3 Å². The Kier molecular flexibility index (Phi) is 11.6. The summed E-state index contributed by atoms with van der Waals surface area (Å²) in [6.45, 7) is 0.454. The maximum atomic E-state index is 14.6. The second-order valence-corrected chi connectivity index (χ2v) is 13.5. The largest absolute Gasteiger partial charge is 0.505 e. The molecular formula is C41H33F2N9O9. The van der Waals surface area contributed by atoms with E-state index in [1.54, 1.807) is 24.3 Å². The molecule has 0 saturated carbocycles. The Balaban J connectivity index is 0.892. The molecule has 0 unspecified atom stereocenters.